The third kappa shape index (κ3) is 4.02. The molecule has 0 aliphatic rings. The molecule has 1 amide bonds. The number of nitrogens with one attached hydrogen (secondary N) is 1. The van der Waals surface area contributed by atoms with Crippen LogP contribution in [0.15, 0.2) is 0 Å². The lowest BCUT2D eigenvalue weighted by atomic mass is 10.2. The summed E-state index contributed by atoms with van der Waals surface area (Å²) in [5, 5.41) is 18.9. The number of aromatic nitrogens is 3. The van der Waals surface area contributed by atoms with Gasteiger partial charge in [0.25, 0.3) is 0 Å². The Morgan fingerprint density at radius 2 is 2.21 bits per heavy atom. The standard InChI is InChI=1S/C11H18N4O4/c1-4-7(2)12-9(16)5-15-8(6-19-3)10(11(17)18)13-14-15/h7H,4-6H2,1-3H3,(H,12,16)(H,17,18). The lowest BCUT2D eigenvalue weighted by Gasteiger charge is -2.12. The number of hydrogen-bond acceptors (Lipinski definition) is 5. The van der Waals surface area contributed by atoms with Gasteiger partial charge in [0, 0.05) is 13.2 Å². The summed E-state index contributed by atoms with van der Waals surface area (Å²) in [5.74, 6) is -1.44. The van der Waals surface area contributed by atoms with E-state index in [0.29, 0.717) is 0 Å². The fraction of sp³-hybridized carbons (Fsp3) is 0.636. The topological polar surface area (TPSA) is 106 Å². The molecule has 0 radical (unpaired) electrons. The number of carbonyl (C=O) groups excluding carboxylic acids is 1. The predicted molar refractivity (Wildman–Crippen MR) is 65.6 cm³/mol. The second-order valence-corrected chi connectivity index (χ2v) is 4.16. The van der Waals surface area contributed by atoms with E-state index < -0.39 is 5.97 Å². The molecule has 1 heterocycles. The van der Waals surface area contributed by atoms with E-state index in [-0.39, 0.29) is 36.5 Å². The highest BCUT2D eigenvalue weighted by Crippen LogP contribution is 2.07. The molecular weight excluding hydrogens is 252 g/mol. The van der Waals surface area contributed by atoms with Gasteiger partial charge in [0.2, 0.25) is 5.91 Å². The van der Waals surface area contributed by atoms with Gasteiger partial charge in [0.1, 0.15) is 6.54 Å². The molecule has 8 heteroatoms. The second-order valence-electron chi connectivity index (χ2n) is 4.16. The van der Waals surface area contributed by atoms with Crippen LogP contribution in [0.2, 0.25) is 0 Å². The first kappa shape index (κ1) is 15.1. The van der Waals surface area contributed by atoms with Gasteiger partial charge in [-0.25, -0.2) is 9.48 Å². The highest BCUT2D eigenvalue weighted by Gasteiger charge is 2.20. The molecule has 19 heavy (non-hydrogen) atoms. The zero-order valence-electron chi connectivity index (χ0n) is 11.2. The van der Waals surface area contributed by atoms with Crippen LogP contribution in [-0.2, 0) is 22.7 Å². The van der Waals surface area contributed by atoms with Gasteiger partial charge in [-0.15, -0.1) is 5.10 Å². The maximum atomic E-state index is 11.7. The minimum absolute atomic E-state index is 0.0330. The summed E-state index contributed by atoms with van der Waals surface area (Å²) in [7, 11) is 1.43. The molecule has 1 rings (SSSR count). The summed E-state index contributed by atoms with van der Waals surface area (Å²) < 4.78 is 6.15. The lowest BCUT2D eigenvalue weighted by molar-refractivity contribution is -0.122. The van der Waals surface area contributed by atoms with Crippen LogP contribution in [0.3, 0.4) is 0 Å². The number of nitrogens with zero attached hydrogens (tertiary/aromatic N) is 3. The zero-order valence-corrected chi connectivity index (χ0v) is 11.2. The van der Waals surface area contributed by atoms with E-state index in [1.165, 1.54) is 11.8 Å². The van der Waals surface area contributed by atoms with E-state index >= 15 is 0 Å². The number of amides is 1. The summed E-state index contributed by atoms with van der Waals surface area (Å²) >= 11 is 0. The van der Waals surface area contributed by atoms with Crippen molar-refractivity contribution in [2.24, 2.45) is 0 Å². The van der Waals surface area contributed by atoms with Gasteiger partial charge in [-0.1, -0.05) is 12.1 Å². The molecule has 8 nitrogen and oxygen atoms in total. The molecule has 1 atom stereocenters. The SMILES string of the molecule is CCC(C)NC(=O)Cn1nnc(C(=O)O)c1COC. The average molecular weight is 270 g/mol. The number of ether oxygens (including phenoxy) is 1. The van der Waals surface area contributed by atoms with Gasteiger partial charge in [-0.2, -0.15) is 0 Å². The van der Waals surface area contributed by atoms with Crippen molar-refractivity contribution in [3.05, 3.63) is 11.4 Å². The molecule has 1 unspecified atom stereocenters. The fourth-order valence-corrected chi connectivity index (χ4v) is 1.46. The molecule has 0 spiro atoms. The van der Waals surface area contributed by atoms with Crippen molar-refractivity contribution in [1.82, 2.24) is 20.3 Å². The molecule has 0 fully saturated rings. The first-order chi connectivity index (χ1) is 8.99. The van der Waals surface area contributed by atoms with Crippen LogP contribution in [0.4, 0.5) is 0 Å². The molecule has 2 N–H and O–H groups in total. The Morgan fingerprint density at radius 1 is 1.53 bits per heavy atom. The van der Waals surface area contributed by atoms with Crippen molar-refractivity contribution in [3.8, 4) is 0 Å². The maximum Gasteiger partial charge on any atom is 0.358 e. The normalized spacial score (nSPS) is 12.2. The van der Waals surface area contributed by atoms with Crippen LogP contribution < -0.4 is 5.32 Å². The number of carbonyl (C=O) groups is 2. The van der Waals surface area contributed by atoms with Crippen LogP contribution in [0, 0.1) is 0 Å². The van der Waals surface area contributed by atoms with Crippen LogP contribution >= 0.6 is 0 Å². The fourth-order valence-electron chi connectivity index (χ4n) is 1.46. The molecular formula is C11H18N4O4. The number of carboxylic acids is 1. The van der Waals surface area contributed by atoms with E-state index in [2.05, 4.69) is 15.6 Å². The monoisotopic (exact) mass is 270 g/mol. The minimum Gasteiger partial charge on any atom is -0.476 e. The van der Waals surface area contributed by atoms with Crippen molar-refractivity contribution in [2.75, 3.05) is 7.11 Å². The second kappa shape index (κ2) is 6.83. The van der Waals surface area contributed by atoms with E-state index in [9.17, 15) is 9.59 Å². The van der Waals surface area contributed by atoms with Crippen molar-refractivity contribution in [1.29, 1.82) is 0 Å². The Kier molecular flexibility index (Phi) is 5.43. The minimum atomic E-state index is -1.19. The smallest absolute Gasteiger partial charge is 0.358 e. The number of carboxylic acid groups (broad SMARTS) is 1. The van der Waals surface area contributed by atoms with Crippen molar-refractivity contribution in [3.63, 3.8) is 0 Å². The largest absolute Gasteiger partial charge is 0.476 e. The molecule has 0 saturated carbocycles. The summed E-state index contributed by atoms with van der Waals surface area (Å²) in [6.07, 6.45) is 0.814. The Hall–Kier alpha value is -1.96. The molecule has 0 aromatic carbocycles. The van der Waals surface area contributed by atoms with Gasteiger partial charge >= 0.3 is 5.97 Å². The van der Waals surface area contributed by atoms with Gasteiger partial charge < -0.3 is 15.2 Å². The summed E-state index contributed by atoms with van der Waals surface area (Å²) in [5.41, 5.74) is 0.0764. The van der Waals surface area contributed by atoms with Gasteiger partial charge in [-0.05, 0) is 13.3 Å². The van der Waals surface area contributed by atoms with Crippen LogP contribution in [-0.4, -0.2) is 45.1 Å². The number of hydrogen-bond donors (Lipinski definition) is 2. The molecule has 1 aromatic rings. The van der Waals surface area contributed by atoms with E-state index in [1.54, 1.807) is 0 Å². The summed E-state index contributed by atoms with van der Waals surface area (Å²) in [4.78, 5) is 22.7. The molecule has 0 aliphatic carbocycles. The highest BCUT2D eigenvalue weighted by molar-refractivity contribution is 5.86. The van der Waals surface area contributed by atoms with Gasteiger partial charge in [0.05, 0.1) is 12.3 Å². The third-order valence-corrected chi connectivity index (χ3v) is 2.63. The predicted octanol–water partition coefficient (Wildman–Crippen LogP) is 0.0374. The van der Waals surface area contributed by atoms with E-state index in [0.717, 1.165) is 6.42 Å². The Balaban J connectivity index is 2.83. The van der Waals surface area contributed by atoms with Crippen LogP contribution in [0.1, 0.15) is 36.5 Å². The van der Waals surface area contributed by atoms with Crippen molar-refractivity contribution >= 4 is 11.9 Å². The maximum absolute atomic E-state index is 11.7. The average Bonchev–Trinajstić information content (AvgIpc) is 2.72. The Labute approximate surface area is 110 Å². The molecule has 1 aromatic heterocycles. The van der Waals surface area contributed by atoms with E-state index in [1.807, 2.05) is 13.8 Å². The van der Waals surface area contributed by atoms with Crippen molar-refractivity contribution < 1.29 is 19.4 Å². The first-order valence-corrected chi connectivity index (χ1v) is 5.93. The van der Waals surface area contributed by atoms with Crippen LogP contribution in [0.5, 0.6) is 0 Å². The van der Waals surface area contributed by atoms with Gasteiger partial charge in [0.15, 0.2) is 5.69 Å². The lowest BCUT2D eigenvalue weighted by Crippen LogP contribution is -2.35. The zero-order chi connectivity index (χ0) is 14.4. The number of methoxy groups -OCH3 is 1. The quantitative estimate of drug-likeness (QED) is 0.724. The first-order valence-electron chi connectivity index (χ1n) is 5.93. The van der Waals surface area contributed by atoms with Crippen molar-refractivity contribution in [2.45, 2.75) is 39.5 Å². The molecule has 0 bridgehead atoms. The Morgan fingerprint density at radius 3 is 2.74 bits per heavy atom. The summed E-state index contributed by atoms with van der Waals surface area (Å²) in [6.45, 7) is 3.80. The van der Waals surface area contributed by atoms with Gasteiger partial charge in [-0.3, -0.25) is 4.79 Å². The van der Waals surface area contributed by atoms with Crippen LogP contribution in [0.25, 0.3) is 0 Å². The Bertz CT molecular complexity index is 458. The number of aromatic carboxylic acids is 1. The highest BCUT2D eigenvalue weighted by atomic mass is 16.5. The molecule has 0 saturated heterocycles. The number of rotatable bonds is 7. The third-order valence-electron chi connectivity index (χ3n) is 2.63. The van der Waals surface area contributed by atoms with E-state index in [4.69, 9.17) is 9.84 Å². The molecule has 106 valence electrons. The summed E-state index contributed by atoms with van der Waals surface area (Å²) in [6, 6.07) is 0.0563. The molecule has 0 aliphatic heterocycles.